The first-order chi connectivity index (χ1) is 16.5. The second kappa shape index (κ2) is 12.9. The van der Waals surface area contributed by atoms with Crippen LogP contribution in [-0.4, -0.2) is 55.4 Å². The normalized spacial score (nSPS) is 12.0. The quantitative estimate of drug-likeness (QED) is 0.438. The molecule has 0 saturated heterocycles. The molecule has 0 bridgehead atoms. The number of amides is 2. The molecule has 2 rings (SSSR count). The summed E-state index contributed by atoms with van der Waals surface area (Å²) in [6.07, 6.45) is -0.903. The number of sulfonamides is 1. The summed E-state index contributed by atoms with van der Waals surface area (Å²) in [5, 5.41) is 13.1. The third kappa shape index (κ3) is 7.66. The molecule has 1 atom stereocenters. The molecule has 0 fully saturated rings. The van der Waals surface area contributed by atoms with Crippen LogP contribution < -0.4 is 5.32 Å². The number of halogens is 2. The van der Waals surface area contributed by atoms with Crippen molar-refractivity contribution in [3.05, 3.63) is 58.1 Å². The van der Waals surface area contributed by atoms with E-state index in [-0.39, 0.29) is 30.0 Å². The highest BCUT2D eigenvalue weighted by Crippen LogP contribution is 2.26. The number of aliphatic hydroxyl groups is 1. The lowest BCUT2D eigenvalue weighted by Gasteiger charge is -2.26. The van der Waals surface area contributed by atoms with E-state index in [9.17, 15) is 27.9 Å². The minimum absolute atomic E-state index is 0.00557. The number of aliphatic hydroxyl groups excluding tert-OH is 1. The second-order valence-electron chi connectivity index (χ2n) is 7.43. The average Bonchev–Trinajstić information content (AvgIpc) is 2.82. The molecule has 12 heteroatoms. The number of benzene rings is 2. The molecule has 2 aromatic rings. The number of nitrogens with zero attached hydrogens (tertiary/aromatic N) is 1. The molecule has 2 amide bonds. The molecule has 35 heavy (non-hydrogen) atoms. The lowest BCUT2D eigenvalue weighted by Crippen LogP contribution is -2.45. The van der Waals surface area contributed by atoms with Gasteiger partial charge in [-0.1, -0.05) is 30.1 Å². The Morgan fingerprint density at radius 2 is 1.69 bits per heavy atom. The number of ether oxygens (including phenoxy) is 1. The van der Waals surface area contributed by atoms with Gasteiger partial charge in [0.25, 0.3) is 10.0 Å². The lowest BCUT2D eigenvalue weighted by molar-refractivity contribution is -0.134. The third-order valence-electron chi connectivity index (χ3n) is 4.98. The number of rotatable bonds is 11. The molecule has 0 aliphatic carbocycles. The van der Waals surface area contributed by atoms with Gasteiger partial charge in [-0.3, -0.25) is 14.9 Å². The van der Waals surface area contributed by atoms with E-state index in [1.807, 2.05) is 0 Å². The average molecular weight is 545 g/mol. The predicted octanol–water partition coefficient (Wildman–Crippen LogP) is 3.91. The molecule has 190 valence electrons. The number of nitrogens with one attached hydrogen (secondary N) is 1. The van der Waals surface area contributed by atoms with Crippen LogP contribution in [0.15, 0.2) is 47.4 Å². The van der Waals surface area contributed by atoms with Crippen LogP contribution in [0.2, 0.25) is 10.0 Å². The van der Waals surface area contributed by atoms with Gasteiger partial charge in [0.2, 0.25) is 5.91 Å². The first-order valence-electron chi connectivity index (χ1n) is 10.7. The van der Waals surface area contributed by atoms with Gasteiger partial charge in [-0.15, -0.1) is 0 Å². The zero-order valence-electron chi connectivity index (χ0n) is 19.2. The molecule has 2 aromatic carbocycles. The van der Waals surface area contributed by atoms with Crippen LogP contribution in [0.4, 0.5) is 10.5 Å². The van der Waals surface area contributed by atoms with Crippen LogP contribution in [-0.2, 0) is 30.8 Å². The molecule has 0 aliphatic heterocycles. The monoisotopic (exact) mass is 544 g/mol. The van der Waals surface area contributed by atoms with Crippen molar-refractivity contribution in [3.63, 3.8) is 0 Å². The summed E-state index contributed by atoms with van der Waals surface area (Å²) in [5.74, 6) is -2.73. The fourth-order valence-corrected chi connectivity index (χ4v) is 4.87. The number of carbonyl (C=O) groups excluding carboxylic acids is 3. The Kier molecular flexibility index (Phi) is 10.5. The van der Waals surface area contributed by atoms with E-state index in [0.717, 1.165) is 0 Å². The predicted molar refractivity (Wildman–Crippen MR) is 132 cm³/mol. The van der Waals surface area contributed by atoms with Gasteiger partial charge < -0.3 is 9.84 Å². The molecule has 9 nitrogen and oxygen atoms in total. The Balaban J connectivity index is 2.43. The molecule has 0 radical (unpaired) electrons. The minimum Gasteiger partial charge on any atom is -0.450 e. The van der Waals surface area contributed by atoms with Crippen LogP contribution in [0.3, 0.4) is 0 Å². The van der Waals surface area contributed by atoms with Crippen molar-refractivity contribution in [2.75, 3.05) is 25.1 Å². The number of ketones is 1. The fourth-order valence-electron chi connectivity index (χ4n) is 3.12. The van der Waals surface area contributed by atoms with Gasteiger partial charge in [0.05, 0.1) is 30.6 Å². The Bertz CT molecular complexity index is 1170. The molecule has 2 N–H and O–H groups in total. The smallest absolute Gasteiger partial charge is 0.411 e. The highest BCUT2D eigenvalue weighted by atomic mass is 35.5. The standard InChI is InChI=1S/C23H26Cl2N2O7S/c1-3-19(29)13-27(35(32,33)20-8-5-17(24)6-9-20)22(30)16(14-28)11-15-12-18(25)7-10-21(15)26-23(31)34-4-2/h5-10,12,16,28H,3-4,11,13-14H2,1-2H3,(H,26,31). The SMILES string of the molecule is CCOC(=O)Nc1ccc(Cl)cc1CC(CO)C(=O)N(CC(=O)CC)S(=O)(=O)c1ccc(Cl)cc1. The Hall–Kier alpha value is -2.66. The zero-order valence-corrected chi connectivity index (χ0v) is 21.5. The molecule has 1 unspecified atom stereocenters. The zero-order chi connectivity index (χ0) is 26.2. The van der Waals surface area contributed by atoms with Gasteiger partial charge in [-0.2, -0.15) is 0 Å². The van der Waals surface area contributed by atoms with E-state index in [0.29, 0.717) is 19.9 Å². The summed E-state index contributed by atoms with van der Waals surface area (Å²) >= 11 is 11.9. The number of anilines is 1. The summed E-state index contributed by atoms with van der Waals surface area (Å²) < 4.78 is 31.9. The van der Waals surface area contributed by atoms with Crippen LogP contribution in [0.25, 0.3) is 0 Å². The van der Waals surface area contributed by atoms with Gasteiger partial charge in [0.1, 0.15) is 0 Å². The first kappa shape index (κ1) is 28.6. The Labute approximate surface area is 214 Å². The molecule has 0 spiro atoms. The van der Waals surface area contributed by atoms with Crippen LogP contribution in [0.1, 0.15) is 25.8 Å². The van der Waals surface area contributed by atoms with Crippen molar-refractivity contribution in [2.24, 2.45) is 5.92 Å². The number of Topliss-reactive ketones (excluding diaryl/α,β-unsaturated/α-hetero) is 1. The number of hydrogen-bond acceptors (Lipinski definition) is 7. The first-order valence-corrected chi connectivity index (χ1v) is 12.9. The molecular formula is C23H26Cl2N2O7S. The van der Waals surface area contributed by atoms with E-state index < -0.39 is 46.9 Å². The number of carbonyl (C=O) groups is 3. The van der Waals surface area contributed by atoms with Crippen LogP contribution in [0, 0.1) is 5.92 Å². The fraction of sp³-hybridized carbons (Fsp3) is 0.348. The van der Waals surface area contributed by atoms with E-state index in [1.54, 1.807) is 13.8 Å². The number of hydrogen-bond donors (Lipinski definition) is 2. The van der Waals surface area contributed by atoms with Gasteiger partial charge in [-0.25, -0.2) is 17.5 Å². The molecule has 0 aromatic heterocycles. The van der Waals surface area contributed by atoms with Gasteiger partial charge in [0.15, 0.2) is 5.78 Å². The van der Waals surface area contributed by atoms with Crippen molar-refractivity contribution in [2.45, 2.75) is 31.6 Å². The van der Waals surface area contributed by atoms with E-state index in [2.05, 4.69) is 5.32 Å². The van der Waals surface area contributed by atoms with E-state index >= 15 is 0 Å². The summed E-state index contributed by atoms with van der Waals surface area (Å²) in [5.41, 5.74) is 0.638. The highest BCUT2D eigenvalue weighted by molar-refractivity contribution is 7.89. The summed E-state index contributed by atoms with van der Waals surface area (Å²) in [6.45, 7) is 1.89. The maximum absolute atomic E-state index is 13.4. The summed E-state index contributed by atoms with van der Waals surface area (Å²) in [4.78, 5) is 37.3. The van der Waals surface area contributed by atoms with Gasteiger partial charge in [-0.05, 0) is 61.4 Å². The van der Waals surface area contributed by atoms with Crippen molar-refractivity contribution in [1.82, 2.24) is 4.31 Å². The van der Waals surface area contributed by atoms with Gasteiger partial charge in [0, 0.05) is 22.2 Å². The highest BCUT2D eigenvalue weighted by Gasteiger charge is 2.35. The summed E-state index contributed by atoms with van der Waals surface area (Å²) in [7, 11) is -4.44. The molecule has 0 aliphatic rings. The largest absolute Gasteiger partial charge is 0.450 e. The Morgan fingerprint density at radius 1 is 1.06 bits per heavy atom. The lowest BCUT2D eigenvalue weighted by atomic mass is 9.97. The minimum atomic E-state index is -4.44. The van der Waals surface area contributed by atoms with Crippen molar-refractivity contribution < 1.29 is 32.6 Å². The summed E-state index contributed by atoms with van der Waals surface area (Å²) in [6, 6.07) is 9.63. The van der Waals surface area contributed by atoms with Gasteiger partial charge >= 0.3 is 6.09 Å². The maximum atomic E-state index is 13.4. The molecule has 0 saturated carbocycles. The maximum Gasteiger partial charge on any atom is 0.411 e. The van der Waals surface area contributed by atoms with Crippen LogP contribution in [0.5, 0.6) is 0 Å². The van der Waals surface area contributed by atoms with Crippen molar-refractivity contribution in [1.29, 1.82) is 0 Å². The van der Waals surface area contributed by atoms with E-state index in [1.165, 1.54) is 42.5 Å². The van der Waals surface area contributed by atoms with Crippen molar-refractivity contribution in [3.8, 4) is 0 Å². The Morgan fingerprint density at radius 3 is 2.26 bits per heavy atom. The molecule has 0 heterocycles. The van der Waals surface area contributed by atoms with Crippen molar-refractivity contribution >= 4 is 56.7 Å². The second-order valence-corrected chi connectivity index (χ2v) is 10.2. The topological polar surface area (TPSA) is 130 Å². The van der Waals surface area contributed by atoms with E-state index in [4.69, 9.17) is 27.9 Å². The third-order valence-corrected chi connectivity index (χ3v) is 7.22. The molecular weight excluding hydrogens is 519 g/mol. The van der Waals surface area contributed by atoms with Crippen LogP contribution >= 0.6 is 23.2 Å².